The van der Waals surface area contributed by atoms with Gasteiger partial charge in [0.2, 0.25) is 0 Å². The molecular weight excluding hydrogens is 354 g/mol. The summed E-state index contributed by atoms with van der Waals surface area (Å²) < 4.78 is 10.7. The number of phenolic OH excluding ortho intramolecular Hbond substituents is 1. The summed E-state index contributed by atoms with van der Waals surface area (Å²) in [5, 5.41) is 28.7. The zero-order chi connectivity index (χ0) is 20.4. The molecule has 0 amide bonds. The van der Waals surface area contributed by atoms with Gasteiger partial charge in [0.1, 0.15) is 5.76 Å². The highest BCUT2D eigenvalue weighted by atomic mass is 16.5. The second-order valence-corrected chi connectivity index (χ2v) is 6.57. The minimum atomic E-state index is -0.635. The Labute approximate surface area is 163 Å². The van der Waals surface area contributed by atoms with E-state index in [4.69, 9.17) is 20.6 Å². The van der Waals surface area contributed by atoms with Gasteiger partial charge >= 0.3 is 0 Å². The van der Waals surface area contributed by atoms with Crippen molar-refractivity contribution in [2.24, 2.45) is 5.73 Å². The smallest absolute Gasteiger partial charge is 0.196 e. The Morgan fingerprint density at radius 3 is 2.46 bits per heavy atom. The third-order valence-electron chi connectivity index (χ3n) is 4.75. The summed E-state index contributed by atoms with van der Waals surface area (Å²) in [6, 6.07) is 14.5. The number of nitrogens with zero attached hydrogens (tertiary/aromatic N) is 1. The lowest BCUT2D eigenvalue weighted by atomic mass is 9.79. The zero-order valence-electron chi connectivity index (χ0n) is 15.9. The Morgan fingerprint density at radius 2 is 1.89 bits per heavy atom. The fraction of sp³-hybridized carbons (Fsp3) is 0.182. The predicted molar refractivity (Wildman–Crippen MR) is 106 cm³/mol. The zero-order valence-corrected chi connectivity index (χ0v) is 15.9. The number of allylic oxidation sites excluding steroid dienone is 3. The van der Waals surface area contributed by atoms with E-state index in [0.29, 0.717) is 33.8 Å². The molecule has 2 aromatic rings. The molecule has 28 heavy (non-hydrogen) atoms. The number of methoxy groups -OCH3 is 1. The molecule has 1 unspecified atom stereocenters. The van der Waals surface area contributed by atoms with Crippen LogP contribution in [0.4, 0.5) is 0 Å². The van der Waals surface area contributed by atoms with Crippen LogP contribution in [0.1, 0.15) is 29.5 Å². The van der Waals surface area contributed by atoms with Crippen molar-refractivity contribution in [3.8, 4) is 17.6 Å². The molecule has 1 aliphatic rings. The summed E-state index contributed by atoms with van der Waals surface area (Å²) in [7, 11) is 1.46. The number of nitriles is 1. The first-order valence-electron chi connectivity index (χ1n) is 8.68. The van der Waals surface area contributed by atoms with Gasteiger partial charge in [-0.2, -0.15) is 5.26 Å². The van der Waals surface area contributed by atoms with Gasteiger partial charge in [0.05, 0.1) is 36.0 Å². The highest BCUT2D eigenvalue weighted by Crippen LogP contribution is 2.42. The average molecular weight is 375 g/mol. The van der Waals surface area contributed by atoms with Crippen molar-refractivity contribution in [1.82, 2.24) is 0 Å². The van der Waals surface area contributed by atoms with Crippen molar-refractivity contribution in [2.45, 2.75) is 19.8 Å². The van der Waals surface area contributed by atoms with Gasteiger partial charge in [-0.3, -0.25) is 5.41 Å². The molecule has 1 heterocycles. The molecule has 2 aromatic carbocycles. The van der Waals surface area contributed by atoms with Crippen LogP contribution in [-0.4, -0.2) is 17.9 Å². The van der Waals surface area contributed by atoms with E-state index in [1.54, 1.807) is 19.1 Å². The van der Waals surface area contributed by atoms with Crippen LogP contribution in [0.15, 0.2) is 65.3 Å². The summed E-state index contributed by atoms with van der Waals surface area (Å²) in [5.41, 5.74) is 9.40. The summed E-state index contributed by atoms with van der Waals surface area (Å²) >= 11 is 0. The normalized spacial score (nSPS) is 16.4. The van der Waals surface area contributed by atoms with E-state index in [1.165, 1.54) is 13.2 Å². The fourth-order valence-electron chi connectivity index (χ4n) is 3.27. The molecule has 3 rings (SSSR count). The van der Waals surface area contributed by atoms with Crippen molar-refractivity contribution in [1.29, 1.82) is 10.7 Å². The molecule has 142 valence electrons. The lowest BCUT2D eigenvalue weighted by molar-refractivity contribution is 0.283. The van der Waals surface area contributed by atoms with Gasteiger partial charge in [-0.05, 0) is 37.1 Å². The monoisotopic (exact) mass is 375 g/mol. The number of aryl methyl sites for hydroxylation is 1. The number of nitrogens with one attached hydrogen (secondary N) is 1. The minimum Gasteiger partial charge on any atom is -0.504 e. The second-order valence-electron chi connectivity index (χ2n) is 6.57. The third kappa shape index (κ3) is 3.30. The van der Waals surface area contributed by atoms with Gasteiger partial charge < -0.3 is 20.3 Å². The molecule has 0 bridgehead atoms. The maximum atomic E-state index is 10.2. The Morgan fingerprint density at radius 1 is 1.21 bits per heavy atom. The van der Waals surface area contributed by atoms with Crippen molar-refractivity contribution in [3.63, 3.8) is 0 Å². The number of ether oxygens (including phenoxy) is 2. The van der Waals surface area contributed by atoms with Crippen LogP contribution in [0, 0.1) is 23.7 Å². The van der Waals surface area contributed by atoms with E-state index in [-0.39, 0.29) is 17.3 Å². The van der Waals surface area contributed by atoms with E-state index >= 15 is 0 Å². The van der Waals surface area contributed by atoms with Gasteiger partial charge in [0.15, 0.2) is 17.4 Å². The largest absolute Gasteiger partial charge is 0.504 e. The Bertz CT molecular complexity index is 1040. The summed E-state index contributed by atoms with van der Waals surface area (Å²) in [4.78, 5) is 0. The quantitative estimate of drug-likeness (QED) is 0.703. The number of rotatable bonds is 4. The summed E-state index contributed by atoms with van der Waals surface area (Å²) in [6.07, 6.45) is 0. The first-order chi connectivity index (χ1) is 13.4. The van der Waals surface area contributed by atoms with Gasteiger partial charge in [0, 0.05) is 0 Å². The molecule has 0 saturated heterocycles. The maximum absolute atomic E-state index is 10.2. The number of hydrogen-bond donors (Lipinski definition) is 3. The van der Waals surface area contributed by atoms with Crippen LogP contribution in [0.3, 0.4) is 0 Å². The lowest BCUT2D eigenvalue weighted by Gasteiger charge is -2.28. The van der Waals surface area contributed by atoms with Crippen molar-refractivity contribution in [3.05, 3.63) is 81.9 Å². The molecular formula is C22H21N3O3. The number of nitrogens with two attached hydrogens (primary N) is 1. The fourth-order valence-corrected chi connectivity index (χ4v) is 3.27. The van der Waals surface area contributed by atoms with Gasteiger partial charge in [-0.1, -0.05) is 35.9 Å². The van der Waals surface area contributed by atoms with Gasteiger partial charge in [-0.25, -0.2) is 0 Å². The van der Waals surface area contributed by atoms with Crippen LogP contribution in [0.2, 0.25) is 0 Å². The molecule has 0 spiro atoms. The van der Waals surface area contributed by atoms with E-state index < -0.39 is 5.92 Å². The predicted octanol–water partition coefficient (Wildman–Crippen LogP) is 3.86. The van der Waals surface area contributed by atoms with Crippen LogP contribution in [0.5, 0.6) is 11.5 Å². The molecule has 1 atom stereocenters. The number of aromatic hydroxyl groups is 1. The molecule has 0 aromatic heterocycles. The van der Waals surface area contributed by atoms with Crippen LogP contribution in [0.25, 0.3) is 0 Å². The highest BCUT2D eigenvalue weighted by Gasteiger charge is 2.34. The van der Waals surface area contributed by atoms with Gasteiger partial charge in [-0.15, -0.1) is 0 Å². The van der Waals surface area contributed by atoms with E-state index in [2.05, 4.69) is 6.07 Å². The van der Waals surface area contributed by atoms with Crippen LogP contribution < -0.4 is 10.5 Å². The molecule has 0 radical (unpaired) electrons. The van der Waals surface area contributed by atoms with Crippen molar-refractivity contribution >= 4 is 5.71 Å². The van der Waals surface area contributed by atoms with Gasteiger partial charge in [0.25, 0.3) is 0 Å². The van der Waals surface area contributed by atoms with Crippen molar-refractivity contribution in [2.75, 3.05) is 7.11 Å². The van der Waals surface area contributed by atoms with Crippen molar-refractivity contribution < 1.29 is 14.6 Å². The highest BCUT2D eigenvalue weighted by molar-refractivity contribution is 6.12. The summed E-state index contributed by atoms with van der Waals surface area (Å²) in [5.74, 6) is 0.0795. The molecule has 0 fully saturated rings. The average Bonchev–Trinajstić information content (AvgIpc) is 2.67. The molecule has 1 aliphatic heterocycles. The molecule has 0 saturated carbocycles. The topological polar surface area (TPSA) is 112 Å². The summed E-state index contributed by atoms with van der Waals surface area (Å²) in [6.45, 7) is 3.63. The number of benzene rings is 2. The van der Waals surface area contributed by atoms with Crippen LogP contribution >= 0.6 is 0 Å². The molecule has 0 aliphatic carbocycles. The minimum absolute atomic E-state index is 0.0544. The lowest BCUT2D eigenvalue weighted by Crippen LogP contribution is -2.25. The first kappa shape index (κ1) is 19.1. The molecule has 4 N–H and O–H groups in total. The first-order valence-corrected chi connectivity index (χ1v) is 8.68. The second kappa shape index (κ2) is 7.49. The van der Waals surface area contributed by atoms with Crippen LogP contribution in [-0.2, 0) is 4.74 Å². The Hall–Kier alpha value is -3.72. The van der Waals surface area contributed by atoms with E-state index in [0.717, 1.165) is 5.56 Å². The van der Waals surface area contributed by atoms with E-state index in [9.17, 15) is 10.4 Å². The maximum Gasteiger partial charge on any atom is 0.196 e. The molecule has 6 heteroatoms. The Balaban J connectivity index is 2.17. The number of phenols is 1. The third-order valence-corrected chi connectivity index (χ3v) is 4.75. The Kier molecular flexibility index (Phi) is 5.10. The number of hydrogen-bond acceptors (Lipinski definition) is 6. The standard InChI is InChI=1S/C22H21N3O3/c1-12-4-6-14(7-5-12)21(24)20-19(16(11-23)13(2)28-22(20)25)15-8-9-18(27-3)17(26)10-15/h4-10,19,24,26H,25H2,1-3H3. The van der Waals surface area contributed by atoms with E-state index in [1.807, 2.05) is 31.2 Å². The molecule has 6 nitrogen and oxygen atoms in total. The SMILES string of the molecule is COc1ccc(C2C(C#N)=C(C)OC(N)=C2C(=N)c2ccc(C)cc2)cc1O.